The monoisotopic (exact) mass is 405 g/mol. The van der Waals surface area contributed by atoms with Gasteiger partial charge in [0, 0.05) is 17.9 Å². The Morgan fingerprint density at radius 1 is 1.11 bits per heavy atom. The molecule has 0 fully saturated rings. The van der Waals surface area contributed by atoms with Crippen LogP contribution in [0.1, 0.15) is 23.5 Å². The summed E-state index contributed by atoms with van der Waals surface area (Å²) in [7, 11) is 0. The van der Waals surface area contributed by atoms with Gasteiger partial charge in [-0.3, -0.25) is 14.4 Å². The van der Waals surface area contributed by atoms with Crippen LogP contribution in [0.3, 0.4) is 0 Å². The third kappa shape index (κ3) is 4.23. The molecule has 140 valence electrons. The molecule has 1 atom stereocenters. The SMILES string of the molecule is Nc1ccc2c(c1)C(C(=O)NCCCc1ccc(Cl)c(Cl)c1)C(=O)C(=O)N2. The number of aryl methyl sites for hydroxylation is 1. The van der Waals surface area contributed by atoms with E-state index in [9.17, 15) is 14.4 Å². The molecule has 4 N–H and O–H groups in total. The Kier molecular flexibility index (Phi) is 5.68. The Bertz CT molecular complexity index is 930. The standard InChI is InChI=1S/C19H17Cl2N3O3/c20-13-5-3-10(8-14(13)21)2-1-7-23-18(26)16-12-9-11(22)4-6-15(12)24-19(27)17(16)25/h3-6,8-9,16H,1-2,7,22H2,(H,23,26)(H,24,27). The lowest BCUT2D eigenvalue weighted by Crippen LogP contribution is -2.42. The summed E-state index contributed by atoms with van der Waals surface area (Å²) in [5, 5.41) is 6.16. The van der Waals surface area contributed by atoms with Gasteiger partial charge in [-0.05, 0) is 54.3 Å². The minimum absolute atomic E-state index is 0.349. The summed E-state index contributed by atoms with van der Waals surface area (Å²) < 4.78 is 0. The minimum Gasteiger partial charge on any atom is -0.399 e. The van der Waals surface area contributed by atoms with E-state index in [-0.39, 0.29) is 0 Å². The lowest BCUT2D eigenvalue weighted by molar-refractivity contribution is -0.139. The maximum Gasteiger partial charge on any atom is 0.292 e. The summed E-state index contributed by atoms with van der Waals surface area (Å²) in [5.41, 5.74) is 7.99. The van der Waals surface area contributed by atoms with Crippen molar-refractivity contribution < 1.29 is 14.4 Å². The molecular weight excluding hydrogens is 389 g/mol. The van der Waals surface area contributed by atoms with Gasteiger partial charge in [0.1, 0.15) is 5.92 Å². The number of amides is 2. The zero-order chi connectivity index (χ0) is 19.6. The number of carbonyl (C=O) groups is 3. The number of fused-ring (bicyclic) bond motifs is 1. The third-order valence-corrected chi connectivity index (χ3v) is 5.05. The highest BCUT2D eigenvalue weighted by Gasteiger charge is 2.38. The van der Waals surface area contributed by atoms with Crippen LogP contribution in [0, 0.1) is 0 Å². The first kappa shape index (κ1) is 19.2. The fraction of sp³-hybridized carbons (Fsp3) is 0.211. The first-order valence-corrected chi connectivity index (χ1v) is 9.08. The van der Waals surface area contributed by atoms with E-state index in [0.29, 0.717) is 46.4 Å². The van der Waals surface area contributed by atoms with Crippen molar-refractivity contribution in [1.82, 2.24) is 5.32 Å². The van der Waals surface area contributed by atoms with E-state index in [1.165, 1.54) is 6.07 Å². The smallest absolute Gasteiger partial charge is 0.292 e. The molecule has 8 heteroatoms. The van der Waals surface area contributed by atoms with Gasteiger partial charge >= 0.3 is 0 Å². The van der Waals surface area contributed by atoms with E-state index in [4.69, 9.17) is 28.9 Å². The van der Waals surface area contributed by atoms with Crippen LogP contribution in [0.4, 0.5) is 11.4 Å². The first-order valence-electron chi connectivity index (χ1n) is 8.33. The molecule has 1 unspecified atom stereocenters. The van der Waals surface area contributed by atoms with Crippen LogP contribution in [0.15, 0.2) is 36.4 Å². The zero-order valence-corrected chi connectivity index (χ0v) is 15.7. The molecule has 2 amide bonds. The zero-order valence-electron chi connectivity index (χ0n) is 14.2. The quantitative estimate of drug-likeness (QED) is 0.308. The van der Waals surface area contributed by atoms with Crippen LogP contribution >= 0.6 is 23.2 Å². The summed E-state index contributed by atoms with van der Waals surface area (Å²) in [6.07, 6.45) is 1.32. The van der Waals surface area contributed by atoms with Crippen molar-refractivity contribution in [3.05, 3.63) is 57.6 Å². The third-order valence-electron chi connectivity index (χ3n) is 4.31. The van der Waals surface area contributed by atoms with Crippen LogP contribution in [0.25, 0.3) is 0 Å². The molecule has 2 aromatic carbocycles. The molecule has 0 aromatic heterocycles. The van der Waals surface area contributed by atoms with Crippen molar-refractivity contribution in [2.45, 2.75) is 18.8 Å². The Labute approximate surface area is 166 Å². The predicted octanol–water partition coefficient (Wildman–Crippen LogP) is 2.93. The molecule has 0 spiro atoms. The van der Waals surface area contributed by atoms with Gasteiger partial charge in [0.2, 0.25) is 11.7 Å². The van der Waals surface area contributed by atoms with Crippen molar-refractivity contribution in [3.8, 4) is 0 Å². The van der Waals surface area contributed by atoms with Gasteiger partial charge in [0.05, 0.1) is 10.0 Å². The molecule has 0 radical (unpaired) electrons. The van der Waals surface area contributed by atoms with Crippen LogP contribution in [-0.2, 0) is 20.8 Å². The normalized spacial score (nSPS) is 15.9. The van der Waals surface area contributed by atoms with Crippen LogP contribution in [0.2, 0.25) is 10.0 Å². The van der Waals surface area contributed by atoms with E-state index in [2.05, 4.69) is 10.6 Å². The van der Waals surface area contributed by atoms with Gasteiger partial charge in [0.25, 0.3) is 5.91 Å². The Morgan fingerprint density at radius 3 is 2.63 bits per heavy atom. The van der Waals surface area contributed by atoms with Crippen molar-refractivity contribution in [1.29, 1.82) is 0 Å². The van der Waals surface area contributed by atoms with E-state index in [1.54, 1.807) is 24.3 Å². The number of halogens is 2. The Hall–Kier alpha value is -2.57. The van der Waals surface area contributed by atoms with E-state index in [0.717, 1.165) is 5.56 Å². The second-order valence-electron chi connectivity index (χ2n) is 6.24. The maximum atomic E-state index is 12.5. The average Bonchev–Trinajstić information content (AvgIpc) is 2.63. The van der Waals surface area contributed by atoms with E-state index < -0.39 is 23.5 Å². The highest BCUT2D eigenvalue weighted by atomic mass is 35.5. The molecule has 0 bridgehead atoms. The molecule has 1 aliphatic heterocycles. The van der Waals surface area contributed by atoms with Crippen molar-refractivity contribution in [2.75, 3.05) is 17.6 Å². The number of anilines is 2. The number of hydrogen-bond acceptors (Lipinski definition) is 4. The number of nitrogens with two attached hydrogens (primary N) is 1. The molecule has 0 saturated carbocycles. The van der Waals surface area contributed by atoms with Crippen molar-refractivity contribution in [3.63, 3.8) is 0 Å². The van der Waals surface area contributed by atoms with Gasteiger partial charge in [-0.15, -0.1) is 0 Å². The predicted molar refractivity (Wildman–Crippen MR) is 105 cm³/mol. The van der Waals surface area contributed by atoms with Gasteiger partial charge in [-0.1, -0.05) is 29.3 Å². The van der Waals surface area contributed by atoms with Crippen LogP contribution in [-0.4, -0.2) is 24.1 Å². The number of carbonyl (C=O) groups excluding carboxylic acids is 3. The van der Waals surface area contributed by atoms with Crippen LogP contribution in [0.5, 0.6) is 0 Å². The number of hydrogen-bond donors (Lipinski definition) is 3. The Balaban J connectivity index is 1.63. The highest BCUT2D eigenvalue weighted by molar-refractivity contribution is 6.47. The number of rotatable bonds is 5. The van der Waals surface area contributed by atoms with Crippen LogP contribution < -0.4 is 16.4 Å². The summed E-state index contributed by atoms with van der Waals surface area (Å²) in [6, 6.07) is 10.1. The van der Waals surface area contributed by atoms with Gasteiger partial charge < -0.3 is 16.4 Å². The number of Topliss-reactive ketones (excluding diaryl/α,β-unsaturated/α-hetero) is 1. The molecule has 2 aromatic rings. The number of nitrogens with one attached hydrogen (secondary N) is 2. The largest absolute Gasteiger partial charge is 0.399 e. The fourth-order valence-corrected chi connectivity index (χ4v) is 3.27. The van der Waals surface area contributed by atoms with Crippen molar-refractivity contribution >= 4 is 52.2 Å². The Morgan fingerprint density at radius 2 is 1.89 bits per heavy atom. The topological polar surface area (TPSA) is 101 Å². The summed E-state index contributed by atoms with van der Waals surface area (Å²) in [4.78, 5) is 36.6. The molecule has 1 aliphatic rings. The second kappa shape index (κ2) is 7.98. The molecule has 27 heavy (non-hydrogen) atoms. The van der Waals surface area contributed by atoms with Gasteiger partial charge in [-0.2, -0.15) is 0 Å². The minimum atomic E-state index is -1.19. The van der Waals surface area contributed by atoms with Gasteiger partial charge in [-0.25, -0.2) is 0 Å². The highest BCUT2D eigenvalue weighted by Crippen LogP contribution is 2.32. The molecular formula is C19H17Cl2N3O3. The number of benzene rings is 2. The molecule has 3 rings (SSSR count). The summed E-state index contributed by atoms with van der Waals surface area (Å²) in [6.45, 7) is 0.349. The van der Waals surface area contributed by atoms with Gasteiger partial charge in [0.15, 0.2) is 0 Å². The maximum absolute atomic E-state index is 12.5. The molecule has 0 aliphatic carbocycles. The summed E-state index contributed by atoms with van der Waals surface area (Å²) >= 11 is 11.9. The lowest BCUT2D eigenvalue weighted by atomic mass is 9.88. The second-order valence-corrected chi connectivity index (χ2v) is 7.06. The number of nitrogen functional groups attached to an aromatic ring is 1. The molecule has 1 heterocycles. The summed E-state index contributed by atoms with van der Waals surface area (Å²) in [5.74, 6) is -3.31. The van der Waals surface area contributed by atoms with E-state index in [1.807, 2.05) is 6.07 Å². The average molecular weight is 406 g/mol. The molecule has 6 nitrogen and oxygen atoms in total. The molecule has 0 saturated heterocycles. The number of ketones is 1. The van der Waals surface area contributed by atoms with E-state index >= 15 is 0 Å². The fourth-order valence-electron chi connectivity index (χ4n) is 2.95. The first-order chi connectivity index (χ1) is 12.9. The lowest BCUT2D eigenvalue weighted by Gasteiger charge is -2.24. The van der Waals surface area contributed by atoms with Crippen molar-refractivity contribution in [2.24, 2.45) is 0 Å².